The highest BCUT2D eigenvalue weighted by atomic mass is 35.6. The van der Waals surface area contributed by atoms with E-state index in [0.29, 0.717) is 6.04 Å². The van der Waals surface area contributed by atoms with Crippen LogP contribution in [-0.4, -0.2) is 29.2 Å². The zero-order valence-corrected chi connectivity index (χ0v) is 16.1. The average molecular weight is 348 g/mol. The molecule has 1 aliphatic heterocycles. The minimum absolute atomic E-state index is 0.0473. The van der Waals surface area contributed by atoms with Gasteiger partial charge in [0, 0.05) is 6.04 Å². The van der Waals surface area contributed by atoms with E-state index >= 15 is 0 Å². The fourth-order valence-electron chi connectivity index (χ4n) is 5.31. The van der Waals surface area contributed by atoms with Crippen LogP contribution >= 0.6 is 22.7 Å². The molecule has 0 N–H and O–H groups in total. The van der Waals surface area contributed by atoms with E-state index in [1.54, 1.807) is 0 Å². The summed E-state index contributed by atoms with van der Waals surface area (Å²) in [5.41, 5.74) is 0.738. The van der Waals surface area contributed by atoms with E-state index in [9.17, 15) is 0 Å². The lowest BCUT2D eigenvalue weighted by Crippen LogP contribution is -2.68. The van der Waals surface area contributed by atoms with Gasteiger partial charge in [0.1, 0.15) is 0 Å². The highest BCUT2D eigenvalue weighted by Crippen LogP contribution is 2.56. The van der Waals surface area contributed by atoms with E-state index in [2.05, 4.69) is 11.5 Å². The monoisotopic (exact) mass is 347 g/mol. The molecule has 3 rings (SSSR count). The zero-order valence-electron chi connectivity index (χ0n) is 13.6. The maximum atomic E-state index is 7.68. The molecular formula is C17H31Cl2NSi. The van der Waals surface area contributed by atoms with Crippen molar-refractivity contribution in [1.29, 1.82) is 0 Å². The summed E-state index contributed by atoms with van der Waals surface area (Å²) in [5.74, 6) is 0. The summed E-state index contributed by atoms with van der Waals surface area (Å²) in [6, 6.07) is 0.708. The van der Waals surface area contributed by atoms with Crippen LogP contribution in [0.15, 0.2) is 0 Å². The largest absolute Gasteiger partial charge is 0.308 e. The first-order chi connectivity index (χ1) is 10.1. The summed E-state index contributed by atoms with van der Waals surface area (Å²) >= 11 is 15.0. The van der Waals surface area contributed by atoms with Gasteiger partial charge >= 0.3 is 0 Å². The second-order valence-corrected chi connectivity index (χ2v) is 14.0. The summed E-state index contributed by atoms with van der Waals surface area (Å²) in [6.07, 6.45) is 15.7. The van der Waals surface area contributed by atoms with Gasteiger partial charge in [-0.2, -0.15) is 0 Å². The molecule has 2 unspecified atom stereocenters. The van der Waals surface area contributed by atoms with Crippen molar-refractivity contribution in [3.05, 3.63) is 0 Å². The lowest BCUT2D eigenvalue weighted by molar-refractivity contribution is 0.230. The van der Waals surface area contributed by atoms with Crippen LogP contribution in [0, 0.1) is 0 Å². The summed E-state index contributed by atoms with van der Waals surface area (Å²) in [6.45, 7) is 3.57. The van der Waals surface area contributed by atoms with Crippen LogP contribution < -0.4 is 0 Å². The number of nitrogens with zero attached hydrogens (tertiary/aromatic N) is 1. The normalized spacial score (nSPS) is 34.1. The standard InChI is InChI=1S/C17H31Cl2NSi/c1-2-15-9-5-8-14-20(15)21(19,16-10-3-4-11-16)17(18)12-6-7-13-17/h15-16H,2-14H2,1H3. The molecule has 3 fully saturated rings. The van der Waals surface area contributed by atoms with Crippen molar-refractivity contribution >= 4 is 30.2 Å². The van der Waals surface area contributed by atoms with Crippen molar-refractivity contribution in [2.45, 2.75) is 100 Å². The van der Waals surface area contributed by atoms with Crippen LogP contribution in [0.1, 0.15) is 84.0 Å². The Balaban J connectivity index is 1.94. The van der Waals surface area contributed by atoms with Gasteiger partial charge in [0.25, 0.3) is 7.55 Å². The van der Waals surface area contributed by atoms with Crippen LogP contribution in [0.2, 0.25) is 5.54 Å². The van der Waals surface area contributed by atoms with E-state index in [0.717, 1.165) is 5.54 Å². The third kappa shape index (κ3) is 2.83. The number of halogens is 2. The Kier molecular flexibility index (Phi) is 5.30. The average Bonchev–Trinajstić information content (AvgIpc) is 3.18. The van der Waals surface area contributed by atoms with Crippen LogP contribution in [0.5, 0.6) is 0 Å². The summed E-state index contributed by atoms with van der Waals surface area (Å²) in [5, 5.41) is 0. The Labute approximate surface area is 141 Å². The number of alkyl halides is 1. The topological polar surface area (TPSA) is 3.24 Å². The van der Waals surface area contributed by atoms with Crippen LogP contribution in [0.4, 0.5) is 0 Å². The van der Waals surface area contributed by atoms with Gasteiger partial charge in [0.2, 0.25) is 0 Å². The Morgan fingerprint density at radius 2 is 1.62 bits per heavy atom. The fourth-order valence-corrected chi connectivity index (χ4v) is 13.5. The van der Waals surface area contributed by atoms with Crippen molar-refractivity contribution in [3.8, 4) is 0 Å². The van der Waals surface area contributed by atoms with Gasteiger partial charge in [-0.05, 0) is 44.2 Å². The molecule has 0 spiro atoms. The molecule has 0 aromatic rings. The molecule has 122 valence electrons. The molecule has 1 saturated heterocycles. The summed E-state index contributed by atoms with van der Waals surface area (Å²) in [4.78, 5) is 0. The molecule has 0 aromatic heterocycles. The van der Waals surface area contributed by atoms with E-state index in [1.807, 2.05) is 0 Å². The second-order valence-electron chi connectivity index (χ2n) is 7.58. The fraction of sp³-hybridized carbons (Fsp3) is 1.00. The molecule has 0 bridgehead atoms. The lowest BCUT2D eigenvalue weighted by atomic mass is 10.0. The SMILES string of the molecule is CCC1CCCCN1[Si](Cl)(C1CCCC1)C1(Cl)CCCC1. The first-order valence-electron chi connectivity index (χ1n) is 9.26. The molecule has 1 heterocycles. The Hall–Kier alpha value is 0.757. The third-order valence-corrected chi connectivity index (χ3v) is 15.5. The molecule has 4 heteroatoms. The van der Waals surface area contributed by atoms with E-state index < -0.39 is 7.55 Å². The molecule has 21 heavy (non-hydrogen) atoms. The van der Waals surface area contributed by atoms with Crippen molar-refractivity contribution < 1.29 is 0 Å². The van der Waals surface area contributed by atoms with E-state index in [4.69, 9.17) is 22.7 Å². The predicted octanol–water partition coefficient (Wildman–Crippen LogP) is 5.97. The van der Waals surface area contributed by atoms with Crippen molar-refractivity contribution in [2.24, 2.45) is 0 Å². The first-order valence-corrected chi connectivity index (χ1v) is 12.7. The molecule has 3 aliphatic rings. The van der Waals surface area contributed by atoms with Crippen LogP contribution in [-0.2, 0) is 0 Å². The molecule has 0 radical (unpaired) electrons. The van der Waals surface area contributed by atoms with Crippen molar-refractivity contribution in [3.63, 3.8) is 0 Å². The maximum Gasteiger partial charge on any atom is 0.253 e. The highest BCUT2D eigenvalue weighted by Gasteiger charge is 2.62. The number of hydrogen-bond donors (Lipinski definition) is 0. The van der Waals surface area contributed by atoms with Crippen LogP contribution in [0.25, 0.3) is 0 Å². The summed E-state index contributed by atoms with van der Waals surface area (Å²) in [7, 11) is -2.12. The van der Waals surface area contributed by atoms with Gasteiger partial charge in [-0.25, -0.2) is 0 Å². The van der Waals surface area contributed by atoms with Gasteiger partial charge in [-0.15, -0.1) is 22.7 Å². The molecule has 2 aliphatic carbocycles. The molecule has 1 nitrogen and oxygen atoms in total. The Bertz CT molecular complexity index is 353. The van der Waals surface area contributed by atoms with Gasteiger partial charge in [0.05, 0.1) is 4.50 Å². The molecule has 0 amide bonds. The molecular weight excluding hydrogens is 317 g/mol. The first kappa shape index (κ1) is 16.6. The van der Waals surface area contributed by atoms with Gasteiger partial charge < -0.3 is 4.57 Å². The predicted molar refractivity (Wildman–Crippen MR) is 95.5 cm³/mol. The zero-order chi connectivity index (χ0) is 14.9. The number of hydrogen-bond acceptors (Lipinski definition) is 1. The smallest absolute Gasteiger partial charge is 0.253 e. The van der Waals surface area contributed by atoms with Gasteiger partial charge in [0.15, 0.2) is 0 Å². The molecule has 0 aromatic carbocycles. The van der Waals surface area contributed by atoms with E-state index in [1.165, 1.54) is 83.6 Å². The summed E-state index contributed by atoms with van der Waals surface area (Å²) < 4.78 is 2.76. The number of piperidine rings is 1. The van der Waals surface area contributed by atoms with E-state index in [-0.39, 0.29) is 4.50 Å². The molecule has 2 saturated carbocycles. The van der Waals surface area contributed by atoms with Crippen LogP contribution in [0.3, 0.4) is 0 Å². The third-order valence-electron chi connectivity index (χ3n) is 6.44. The van der Waals surface area contributed by atoms with Crippen molar-refractivity contribution in [2.75, 3.05) is 6.54 Å². The lowest BCUT2D eigenvalue weighted by Gasteiger charge is -2.53. The molecule has 2 atom stereocenters. The Morgan fingerprint density at radius 3 is 2.24 bits per heavy atom. The maximum absolute atomic E-state index is 7.68. The second kappa shape index (κ2) is 6.71. The highest BCUT2D eigenvalue weighted by molar-refractivity contribution is 7.23. The minimum Gasteiger partial charge on any atom is -0.308 e. The number of rotatable bonds is 4. The van der Waals surface area contributed by atoms with Gasteiger partial charge in [-0.3, -0.25) is 0 Å². The quantitative estimate of drug-likeness (QED) is 0.344. The Morgan fingerprint density at radius 1 is 1.00 bits per heavy atom. The minimum atomic E-state index is -2.12. The van der Waals surface area contributed by atoms with Crippen molar-refractivity contribution in [1.82, 2.24) is 4.57 Å². The van der Waals surface area contributed by atoms with Gasteiger partial charge in [-0.1, -0.05) is 51.9 Å².